The van der Waals surface area contributed by atoms with Gasteiger partial charge >= 0.3 is 12.0 Å². The second-order valence-electron chi connectivity index (χ2n) is 9.19. The molecule has 2 heterocycles. The van der Waals surface area contributed by atoms with Gasteiger partial charge in [0.15, 0.2) is 18.1 Å². The summed E-state index contributed by atoms with van der Waals surface area (Å²) in [7, 11) is 2.71. The molecule has 214 valence electrons. The lowest BCUT2D eigenvalue weighted by molar-refractivity contribution is -0.136. The van der Waals surface area contributed by atoms with Crippen molar-refractivity contribution in [2.24, 2.45) is 5.10 Å². The summed E-state index contributed by atoms with van der Waals surface area (Å²) in [5, 5.41) is 10.0. The summed E-state index contributed by atoms with van der Waals surface area (Å²) in [6, 6.07) is 13.1. The van der Waals surface area contributed by atoms with E-state index in [1.165, 1.54) is 14.2 Å². The van der Waals surface area contributed by atoms with Crippen LogP contribution >= 0.6 is 11.6 Å². The second kappa shape index (κ2) is 12.6. The highest BCUT2D eigenvalue weighted by molar-refractivity contribution is 6.30. The fourth-order valence-corrected chi connectivity index (χ4v) is 4.69. The van der Waals surface area contributed by atoms with Gasteiger partial charge in [0, 0.05) is 33.4 Å². The van der Waals surface area contributed by atoms with Gasteiger partial charge in [0.2, 0.25) is 0 Å². The third kappa shape index (κ3) is 6.52. The van der Waals surface area contributed by atoms with Crippen LogP contribution in [-0.4, -0.2) is 49.5 Å². The van der Waals surface area contributed by atoms with Crippen molar-refractivity contribution >= 4 is 35.7 Å². The number of aryl methyl sites for hydroxylation is 1. The molecule has 4 rings (SSSR count). The van der Waals surface area contributed by atoms with E-state index in [9.17, 15) is 14.4 Å². The number of aromatic nitrogens is 1. The van der Waals surface area contributed by atoms with Gasteiger partial charge in [-0.05, 0) is 68.8 Å². The Balaban J connectivity index is 1.41. The summed E-state index contributed by atoms with van der Waals surface area (Å²) in [5.74, 6) is -0.454. The summed E-state index contributed by atoms with van der Waals surface area (Å²) in [4.78, 5) is 36.9. The van der Waals surface area contributed by atoms with Crippen LogP contribution in [0.15, 0.2) is 64.9 Å². The van der Waals surface area contributed by atoms with Crippen LogP contribution in [-0.2, 0) is 14.3 Å². The smallest absolute Gasteiger partial charge is 0.337 e. The van der Waals surface area contributed by atoms with E-state index in [1.54, 1.807) is 31.3 Å². The van der Waals surface area contributed by atoms with Crippen LogP contribution in [0.25, 0.3) is 5.69 Å². The van der Waals surface area contributed by atoms with Gasteiger partial charge in [0.1, 0.15) is 0 Å². The second-order valence-corrected chi connectivity index (χ2v) is 9.63. The molecule has 3 amide bonds. The highest BCUT2D eigenvalue weighted by Gasteiger charge is 2.32. The van der Waals surface area contributed by atoms with E-state index in [1.807, 2.05) is 44.2 Å². The summed E-state index contributed by atoms with van der Waals surface area (Å²) in [6.45, 7) is 5.24. The average Bonchev–Trinajstić information content (AvgIpc) is 3.23. The predicted molar refractivity (Wildman–Crippen MR) is 154 cm³/mol. The van der Waals surface area contributed by atoms with Crippen LogP contribution in [0.2, 0.25) is 5.02 Å². The van der Waals surface area contributed by atoms with Gasteiger partial charge in [-0.15, -0.1) is 0 Å². The van der Waals surface area contributed by atoms with Crippen molar-refractivity contribution in [2.75, 3.05) is 20.8 Å². The molecule has 11 nitrogen and oxygen atoms in total. The zero-order valence-corrected chi connectivity index (χ0v) is 24.0. The zero-order chi connectivity index (χ0) is 29.7. The molecule has 0 aliphatic carbocycles. The van der Waals surface area contributed by atoms with Crippen molar-refractivity contribution in [3.8, 4) is 17.2 Å². The number of hydrogen-bond donors (Lipinski definition) is 3. The first-order chi connectivity index (χ1) is 19.6. The molecule has 0 bridgehead atoms. The number of hydrogen-bond acceptors (Lipinski definition) is 7. The number of urea groups is 1. The number of allylic oxidation sites excluding steroid dienone is 1. The number of hydrazone groups is 1. The number of amides is 3. The Kier molecular flexibility index (Phi) is 8.98. The molecule has 3 N–H and O–H groups in total. The van der Waals surface area contributed by atoms with Crippen molar-refractivity contribution < 1.29 is 28.6 Å². The minimum atomic E-state index is -0.765. The van der Waals surface area contributed by atoms with Crippen molar-refractivity contribution in [1.29, 1.82) is 0 Å². The number of nitrogens with one attached hydrogen (secondary N) is 3. The van der Waals surface area contributed by atoms with Crippen molar-refractivity contribution in [3.63, 3.8) is 0 Å². The number of nitrogens with zero attached hydrogens (tertiary/aromatic N) is 2. The number of carbonyl (C=O) groups excluding carboxylic acids is 3. The van der Waals surface area contributed by atoms with Gasteiger partial charge in [-0.1, -0.05) is 17.7 Å². The molecule has 12 heteroatoms. The number of carbonyl (C=O) groups is 3. The Bertz CT molecular complexity index is 1540. The van der Waals surface area contributed by atoms with E-state index in [4.69, 9.17) is 25.8 Å². The van der Waals surface area contributed by atoms with E-state index in [0.717, 1.165) is 22.6 Å². The molecule has 0 saturated heterocycles. The fourth-order valence-electron chi connectivity index (χ4n) is 4.56. The van der Waals surface area contributed by atoms with Crippen LogP contribution in [0.4, 0.5) is 4.79 Å². The standard InChI is InChI=1S/C29H30ClN5O6/c1-16-12-20(18(3)35(16)22-9-7-21(30)8-10-22)14-31-34-25(36)15-41-23-11-6-19(13-24(23)39-4)27-26(28(37)40-5)17(2)32-29(38)33-27/h6-14,27H,15H2,1-5H3,(H,34,36)(H2,32,33,38)/b31-14-/t27-/m1/s1. The number of rotatable bonds is 9. The molecule has 1 aliphatic heterocycles. The maximum absolute atomic E-state index is 12.4. The first-order valence-electron chi connectivity index (χ1n) is 12.6. The molecule has 0 radical (unpaired) electrons. The number of halogens is 1. The molecule has 1 aliphatic rings. The van der Waals surface area contributed by atoms with E-state index < -0.39 is 23.9 Å². The molecule has 0 spiro atoms. The Morgan fingerprint density at radius 1 is 1.07 bits per heavy atom. The predicted octanol–water partition coefficient (Wildman–Crippen LogP) is 4.09. The molecule has 41 heavy (non-hydrogen) atoms. The van der Waals surface area contributed by atoms with Gasteiger partial charge in [-0.25, -0.2) is 15.0 Å². The lowest BCUT2D eigenvalue weighted by atomic mass is 9.95. The Morgan fingerprint density at radius 2 is 1.80 bits per heavy atom. The molecular formula is C29H30ClN5O6. The number of ether oxygens (including phenoxy) is 3. The third-order valence-corrected chi connectivity index (χ3v) is 6.75. The molecule has 3 aromatic rings. The summed E-state index contributed by atoms with van der Waals surface area (Å²) >= 11 is 6.01. The van der Waals surface area contributed by atoms with E-state index in [0.29, 0.717) is 27.8 Å². The Labute approximate surface area is 242 Å². The van der Waals surface area contributed by atoms with Crippen LogP contribution < -0.4 is 25.5 Å². The summed E-state index contributed by atoms with van der Waals surface area (Å²) < 4.78 is 18.0. The monoisotopic (exact) mass is 579 g/mol. The van der Waals surface area contributed by atoms with E-state index in [-0.39, 0.29) is 12.2 Å². The maximum atomic E-state index is 12.4. The van der Waals surface area contributed by atoms with Crippen molar-refractivity contribution in [1.82, 2.24) is 20.6 Å². The molecule has 0 saturated carbocycles. The first-order valence-corrected chi connectivity index (χ1v) is 12.9. The maximum Gasteiger partial charge on any atom is 0.337 e. The van der Waals surface area contributed by atoms with Gasteiger partial charge in [-0.3, -0.25) is 4.79 Å². The van der Waals surface area contributed by atoms with E-state index in [2.05, 4.69) is 25.7 Å². The normalized spacial score (nSPS) is 14.9. The topological polar surface area (TPSA) is 132 Å². The largest absolute Gasteiger partial charge is 0.493 e. The average molecular weight is 580 g/mol. The molecule has 0 fully saturated rings. The molecule has 1 atom stereocenters. The zero-order valence-electron chi connectivity index (χ0n) is 23.2. The SMILES string of the molecule is COC(=O)C1=C(C)NC(=O)N[C@@H]1c1ccc(OCC(=O)N/N=C\c2cc(C)n(-c3ccc(Cl)cc3)c2C)c(OC)c1. The third-order valence-electron chi connectivity index (χ3n) is 6.50. The fraction of sp³-hybridized carbons (Fsp3) is 0.241. The van der Waals surface area contributed by atoms with Crippen LogP contribution in [0.3, 0.4) is 0 Å². The highest BCUT2D eigenvalue weighted by atomic mass is 35.5. The quantitative estimate of drug-likeness (QED) is 0.199. The molecule has 1 aromatic heterocycles. The molecule has 0 unspecified atom stereocenters. The minimum absolute atomic E-state index is 0.258. The van der Waals surface area contributed by atoms with Gasteiger partial charge < -0.3 is 29.4 Å². The number of benzene rings is 2. The van der Waals surface area contributed by atoms with Gasteiger partial charge in [0.05, 0.1) is 32.0 Å². The molecule has 2 aromatic carbocycles. The lowest BCUT2D eigenvalue weighted by Crippen LogP contribution is -2.45. The molecular weight excluding hydrogens is 550 g/mol. The summed E-state index contributed by atoms with van der Waals surface area (Å²) in [6.07, 6.45) is 1.57. The first kappa shape index (κ1) is 29.2. The van der Waals surface area contributed by atoms with Crippen LogP contribution in [0.5, 0.6) is 11.5 Å². The summed E-state index contributed by atoms with van der Waals surface area (Å²) in [5.41, 5.74) is 7.44. The van der Waals surface area contributed by atoms with Crippen LogP contribution in [0.1, 0.15) is 35.5 Å². The van der Waals surface area contributed by atoms with Gasteiger partial charge in [0.25, 0.3) is 5.91 Å². The Morgan fingerprint density at radius 3 is 2.49 bits per heavy atom. The number of esters is 1. The van der Waals surface area contributed by atoms with E-state index >= 15 is 0 Å². The van der Waals surface area contributed by atoms with Gasteiger partial charge in [-0.2, -0.15) is 5.10 Å². The highest BCUT2D eigenvalue weighted by Crippen LogP contribution is 2.34. The Hall–Kier alpha value is -4.77. The number of methoxy groups -OCH3 is 2. The van der Waals surface area contributed by atoms with Crippen molar-refractivity contribution in [2.45, 2.75) is 26.8 Å². The minimum Gasteiger partial charge on any atom is -0.493 e. The van der Waals surface area contributed by atoms with Crippen LogP contribution in [0, 0.1) is 13.8 Å². The van der Waals surface area contributed by atoms with Crippen molar-refractivity contribution in [3.05, 3.63) is 87.3 Å². The lowest BCUT2D eigenvalue weighted by Gasteiger charge is -2.28.